The van der Waals surface area contributed by atoms with E-state index in [9.17, 15) is 4.79 Å². The first-order valence-corrected chi connectivity index (χ1v) is 4.88. The van der Waals surface area contributed by atoms with Crippen molar-refractivity contribution < 1.29 is 4.79 Å². The van der Waals surface area contributed by atoms with Gasteiger partial charge in [-0.15, -0.1) is 0 Å². The number of anilines is 1. The van der Waals surface area contributed by atoms with Gasteiger partial charge in [-0.05, 0) is 26.2 Å². The zero-order valence-electron chi connectivity index (χ0n) is 9.16. The molecule has 0 aromatic heterocycles. The maximum Gasteiger partial charge on any atom is 0.253 e. The van der Waals surface area contributed by atoms with Gasteiger partial charge in [0.1, 0.15) is 0 Å². The summed E-state index contributed by atoms with van der Waals surface area (Å²) in [4.78, 5) is 13.6. The highest BCUT2D eigenvalue weighted by molar-refractivity contribution is 5.99. The van der Waals surface area contributed by atoms with Gasteiger partial charge in [0.15, 0.2) is 0 Å². The van der Waals surface area contributed by atoms with E-state index >= 15 is 0 Å². The number of carbonyl (C=O) groups is 1. The van der Waals surface area contributed by atoms with Crippen LogP contribution in [-0.2, 0) is 0 Å². The lowest BCUT2D eigenvalue weighted by Gasteiger charge is -2.11. The number of hydrogen-bond donors (Lipinski definition) is 2. The molecular weight excluding hydrogens is 190 g/mol. The van der Waals surface area contributed by atoms with Crippen molar-refractivity contribution in [3.05, 3.63) is 29.8 Å². The van der Waals surface area contributed by atoms with Gasteiger partial charge in [-0.2, -0.15) is 0 Å². The third-order valence-electron chi connectivity index (χ3n) is 2.05. The molecule has 15 heavy (non-hydrogen) atoms. The normalized spacial score (nSPS) is 10.3. The smallest absolute Gasteiger partial charge is 0.253 e. The molecule has 1 rings (SSSR count). The van der Waals surface area contributed by atoms with Gasteiger partial charge in [0, 0.05) is 18.8 Å². The largest absolute Gasteiger partial charge is 0.398 e. The van der Waals surface area contributed by atoms with Crippen molar-refractivity contribution in [2.45, 2.75) is 0 Å². The molecule has 0 atom stereocenters. The van der Waals surface area contributed by atoms with Crippen molar-refractivity contribution in [3.8, 4) is 0 Å². The molecule has 3 N–H and O–H groups in total. The summed E-state index contributed by atoms with van der Waals surface area (Å²) in [6.45, 7) is 1.44. The first-order valence-electron chi connectivity index (χ1n) is 4.88. The van der Waals surface area contributed by atoms with Gasteiger partial charge < -0.3 is 16.0 Å². The van der Waals surface area contributed by atoms with Gasteiger partial charge >= 0.3 is 0 Å². The van der Waals surface area contributed by atoms with Crippen LogP contribution < -0.4 is 11.1 Å². The first kappa shape index (κ1) is 11.5. The Balaban J connectivity index is 2.51. The molecule has 0 radical (unpaired) electrons. The maximum absolute atomic E-state index is 11.6. The van der Waals surface area contributed by atoms with Crippen LogP contribution in [0.25, 0.3) is 0 Å². The maximum atomic E-state index is 11.6. The molecule has 1 aromatic rings. The summed E-state index contributed by atoms with van der Waals surface area (Å²) in [5.41, 5.74) is 6.73. The molecule has 4 nitrogen and oxygen atoms in total. The Morgan fingerprint density at radius 2 is 2.07 bits per heavy atom. The SMILES string of the molecule is CN(C)CCNC(=O)c1ccccc1N. The number of nitrogens with zero attached hydrogens (tertiary/aromatic N) is 1. The molecule has 0 saturated heterocycles. The van der Waals surface area contributed by atoms with Crippen molar-refractivity contribution in [1.82, 2.24) is 10.2 Å². The van der Waals surface area contributed by atoms with Crippen molar-refractivity contribution in [2.75, 3.05) is 32.9 Å². The van der Waals surface area contributed by atoms with E-state index < -0.39 is 0 Å². The molecule has 0 aliphatic rings. The zero-order valence-corrected chi connectivity index (χ0v) is 9.16. The number of rotatable bonds is 4. The summed E-state index contributed by atoms with van der Waals surface area (Å²) in [6.07, 6.45) is 0. The molecule has 4 heteroatoms. The second kappa shape index (κ2) is 5.36. The van der Waals surface area contributed by atoms with Gasteiger partial charge in [-0.3, -0.25) is 4.79 Å². The second-order valence-corrected chi connectivity index (χ2v) is 3.65. The van der Waals surface area contributed by atoms with E-state index in [0.717, 1.165) is 6.54 Å². The summed E-state index contributed by atoms with van der Waals surface area (Å²) in [5, 5.41) is 2.81. The molecule has 1 aromatic carbocycles. The predicted molar refractivity (Wildman–Crippen MR) is 61.7 cm³/mol. The predicted octanol–water partition coefficient (Wildman–Crippen LogP) is 0.560. The Morgan fingerprint density at radius 3 is 2.67 bits per heavy atom. The van der Waals surface area contributed by atoms with E-state index in [-0.39, 0.29) is 5.91 Å². The van der Waals surface area contributed by atoms with Gasteiger partial charge in [0.25, 0.3) is 5.91 Å². The van der Waals surface area contributed by atoms with E-state index in [1.54, 1.807) is 18.2 Å². The number of likely N-dealkylation sites (N-methyl/N-ethyl adjacent to an activating group) is 1. The van der Waals surface area contributed by atoms with Crippen LogP contribution in [0.4, 0.5) is 5.69 Å². The van der Waals surface area contributed by atoms with Crippen LogP contribution in [0.2, 0.25) is 0 Å². The number of hydrogen-bond acceptors (Lipinski definition) is 3. The lowest BCUT2D eigenvalue weighted by Crippen LogP contribution is -2.31. The summed E-state index contributed by atoms with van der Waals surface area (Å²) in [5.74, 6) is -0.116. The molecule has 0 aliphatic carbocycles. The summed E-state index contributed by atoms with van der Waals surface area (Å²) < 4.78 is 0. The minimum atomic E-state index is -0.116. The van der Waals surface area contributed by atoms with E-state index in [0.29, 0.717) is 17.8 Å². The Bertz CT molecular complexity index is 336. The number of para-hydroxylation sites is 1. The van der Waals surface area contributed by atoms with E-state index in [2.05, 4.69) is 5.32 Å². The molecule has 0 unspecified atom stereocenters. The molecule has 0 saturated carbocycles. The van der Waals surface area contributed by atoms with E-state index in [1.165, 1.54) is 0 Å². The van der Waals surface area contributed by atoms with Crippen molar-refractivity contribution in [1.29, 1.82) is 0 Å². The molecule has 82 valence electrons. The quantitative estimate of drug-likeness (QED) is 0.709. The third-order valence-corrected chi connectivity index (χ3v) is 2.05. The fraction of sp³-hybridized carbons (Fsp3) is 0.364. The Morgan fingerprint density at radius 1 is 1.40 bits per heavy atom. The molecule has 0 aliphatic heterocycles. The van der Waals surface area contributed by atoms with Crippen LogP contribution in [0.5, 0.6) is 0 Å². The standard InChI is InChI=1S/C11H17N3O/c1-14(2)8-7-13-11(15)9-5-3-4-6-10(9)12/h3-6H,7-8,12H2,1-2H3,(H,13,15). The topological polar surface area (TPSA) is 58.4 Å². The monoisotopic (exact) mass is 207 g/mol. The number of nitrogen functional groups attached to an aromatic ring is 1. The minimum Gasteiger partial charge on any atom is -0.398 e. The minimum absolute atomic E-state index is 0.116. The lowest BCUT2D eigenvalue weighted by molar-refractivity contribution is 0.0952. The van der Waals surface area contributed by atoms with Gasteiger partial charge in [0.2, 0.25) is 0 Å². The molecular formula is C11H17N3O. The Kier molecular flexibility index (Phi) is 4.12. The third kappa shape index (κ3) is 3.59. The molecule has 0 fully saturated rings. The highest BCUT2D eigenvalue weighted by Gasteiger charge is 2.07. The Hall–Kier alpha value is -1.55. The highest BCUT2D eigenvalue weighted by Crippen LogP contribution is 2.09. The average Bonchev–Trinajstić information content (AvgIpc) is 2.17. The summed E-state index contributed by atoms with van der Waals surface area (Å²) in [6, 6.07) is 7.06. The fourth-order valence-electron chi connectivity index (χ4n) is 1.19. The summed E-state index contributed by atoms with van der Waals surface area (Å²) >= 11 is 0. The average molecular weight is 207 g/mol. The van der Waals surface area contributed by atoms with Crippen LogP contribution in [0.1, 0.15) is 10.4 Å². The number of nitrogens with two attached hydrogens (primary N) is 1. The molecule has 0 spiro atoms. The zero-order chi connectivity index (χ0) is 11.3. The van der Waals surface area contributed by atoms with Crippen molar-refractivity contribution in [2.24, 2.45) is 0 Å². The Labute approximate surface area is 90.1 Å². The van der Waals surface area contributed by atoms with Crippen LogP contribution in [0.15, 0.2) is 24.3 Å². The van der Waals surface area contributed by atoms with Crippen LogP contribution >= 0.6 is 0 Å². The number of benzene rings is 1. The molecule has 1 amide bonds. The fourth-order valence-corrected chi connectivity index (χ4v) is 1.19. The number of amides is 1. The second-order valence-electron chi connectivity index (χ2n) is 3.65. The highest BCUT2D eigenvalue weighted by atomic mass is 16.1. The molecule has 0 bridgehead atoms. The number of nitrogens with one attached hydrogen (secondary N) is 1. The summed E-state index contributed by atoms with van der Waals surface area (Å²) in [7, 11) is 3.92. The lowest BCUT2D eigenvalue weighted by atomic mass is 10.1. The van der Waals surface area contributed by atoms with Gasteiger partial charge in [-0.25, -0.2) is 0 Å². The first-order chi connectivity index (χ1) is 7.11. The van der Waals surface area contributed by atoms with E-state index in [1.807, 2.05) is 25.1 Å². The van der Waals surface area contributed by atoms with E-state index in [4.69, 9.17) is 5.73 Å². The van der Waals surface area contributed by atoms with Crippen LogP contribution in [-0.4, -0.2) is 38.0 Å². The van der Waals surface area contributed by atoms with Gasteiger partial charge in [-0.1, -0.05) is 12.1 Å². The molecule has 0 heterocycles. The van der Waals surface area contributed by atoms with Crippen molar-refractivity contribution in [3.63, 3.8) is 0 Å². The van der Waals surface area contributed by atoms with Crippen LogP contribution in [0, 0.1) is 0 Å². The van der Waals surface area contributed by atoms with Crippen LogP contribution in [0.3, 0.4) is 0 Å². The van der Waals surface area contributed by atoms with Crippen molar-refractivity contribution >= 4 is 11.6 Å². The van der Waals surface area contributed by atoms with Gasteiger partial charge in [0.05, 0.1) is 5.56 Å². The number of carbonyl (C=O) groups excluding carboxylic acids is 1.